The monoisotopic (exact) mass is 277 g/mol. The van der Waals surface area contributed by atoms with Crippen LogP contribution in [-0.4, -0.2) is 27.9 Å². The summed E-state index contributed by atoms with van der Waals surface area (Å²) in [4.78, 5) is 25.2. The van der Waals surface area contributed by atoms with Crippen LogP contribution in [0.4, 0.5) is 4.39 Å². The van der Waals surface area contributed by atoms with Crippen molar-refractivity contribution in [3.05, 3.63) is 35.6 Å². The fraction of sp³-hybridized carbons (Fsp3) is 0.467. The molecular formula is C15H16FNO3. The number of carbonyl (C=O) groups excluding carboxylic acids is 1. The Bertz CT molecular complexity index is 556. The molecule has 2 fully saturated rings. The van der Waals surface area contributed by atoms with Crippen LogP contribution in [0.2, 0.25) is 0 Å². The third kappa shape index (κ3) is 2.17. The highest BCUT2D eigenvalue weighted by Gasteiger charge is 2.47. The lowest BCUT2D eigenvalue weighted by Crippen LogP contribution is -2.46. The van der Waals surface area contributed by atoms with Crippen molar-refractivity contribution < 1.29 is 19.1 Å². The molecule has 1 aliphatic heterocycles. The number of carboxylic acid groups (broad SMARTS) is 1. The van der Waals surface area contributed by atoms with Gasteiger partial charge in [-0.05, 0) is 25.3 Å². The van der Waals surface area contributed by atoms with E-state index in [9.17, 15) is 19.1 Å². The Labute approximate surface area is 116 Å². The molecule has 20 heavy (non-hydrogen) atoms. The summed E-state index contributed by atoms with van der Waals surface area (Å²) in [6, 6.07) is 5.56. The van der Waals surface area contributed by atoms with E-state index in [1.54, 1.807) is 23.1 Å². The molecule has 0 aromatic heterocycles. The van der Waals surface area contributed by atoms with Gasteiger partial charge in [0.2, 0.25) is 5.91 Å². The fourth-order valence-electron chi connectivity index (χ4n) is 3.04. The summed E-state index contributed by atoms with van der Waals surface area (Å²) in [5.74, 6) is -2.19. The Balaban J connectivity index is 2.05. The van der Waals surface area contributed by atoms with Crippen LogP contribution < -0.4 is 0 Å². The lowest BCUT2D eigenvalue weighted by atomic mass is 9.84. The van der Waals surface area contributed by atoms with Crippen LogP contribution in [0.15, 0.2) is 24.3 Å². The van der Waals surface area contributed by atoms with Crippen LogP contribution >= 0.6 is 0 Å². The van der Waals surface area contributed by atoms with E-state index < -0.39 is 23.7 Å². The molecule has 2 unspecified atom stereocenters. The predicted octanol–water partition coefficient (Wildman–Crippen LogP) is 2.35. The SMILES string of the molecule is O=C(O)C1CCC(=O)N(C2CC2)C1c1ccccc1F. The highest BCUT2D eigenvalue weighted by Crippen LogP contribution is 2.44. The van der Waals surface area contributed by atoms with Crippen LogP contribution in [0.1, 0.15) is 37.3 Å². The molecule has 5 heteroatoms. The zero-order valence-corrected chi connectivity index (χ0v) is 11.0. The minimum atomic E-state index is -0.962. The van der Waals surface area contributed by atoms with Gasteiger partial charge in [0.1, 0.15) is 5.82 Å². The average molecular weight is 277 g/mol. The highest BCUT2D eigenvalue weighted by molar-refractivity contribution is 5.82. The Morgan fingerprint density at radius 3 is 2.55 bits per heavy atom. The Morgan fingerprint density at radius 2 is 1.95 bits per heavy atom. The summed E-state index contributed by atoms with van der Waals surface area (Å²) in [5, 5.41) is 9.41. The third-order valence-electron chi connectivity index (χ3n) is 4.12. The van der Waals surface area contributed by atoms with Gasteiger partial charge in [-0.25, -0.2) is 4.39 Å². The van der Waals surface area contributed by atoms with E-state index >= 15 is 0 Å². The number of piperidine rings is 1. The summed E-state index contributed by atoms with van der Waals surface area (Å²) in [5.41, 5.74) is 0.319. The van der Waals surface area contributed by atoms with E-state index in [1.165, 1.54) is 6.07 Å². The minimum absolute atomic E-state index is 0.0572. The van der Waals surface area contributed by atoms with E-state index in [1.807, 2.05) is 0 Å². The number of aliphatic carboxylic acids is 1. The van der Waals surface area contributed by atoms with Crippen molar-refractivity contribution in [3.8, 4) is 0 Å². The Kier molecular flexibility index (Phi) is 3.20. The van der Waals surface area contributed by atoms with Crippen molar-refractivity contribution in [2.24, 2.45) is 5.92 Å². The van der Waals surface area contributed by atoms with Crippen molar-refractivity contribution >= 4 is 11.9 Å². The number of halogens is 1. The van der Waals surface area contributed by atoms with Crippen molar-refractivity contribution in [1.82, 2.24) is 4.90 Å². The Hall–Kier alpha value is -1.91. The summed E-state index contributed by atoms with van der Waals surface area (Å²) < 4.78 is 14.1. The number of rotatable bonds is 3. The first-order chi connectivity index (χ1) is 9.59. The number of carboxylic acids is 1. The molecule has 0 bridgehead atoms. The van der Waals surface area contributed by atoms with Crippen LogP contribution in [0.3, 0.4) is 0 Å². The molecule has 1 N–H and O–H groups in total. The molecule has 2 atom stereocenters. The number of likely N-dealkylation sites (tertiary alicyclic amines) is 1. The molecule has 3 rings (SSSR count). The molecule has 1 aromatic rings. The van der Waals surface area contributed by atoms with E-state index in [-0.39, 0.29) is 24.8 Å². The molecule has 1 amide bonds. The lowest BCUT2D eigenvalue weighted by Gasteiger charge is -2.40. The second kappa shape index (κ2) is 4.89. The molecule has 4 nitrogen and oxygen atoms in total. The molecule has 2 aliphatic rings. The van der Waals surface area contributed by atoms with E-state index in [0.717, 1.165) is 12.8 Å². The topological polar surface area (TPSA) is 57.6 Å². The minimum Gasteiger partial charge on any atom is -0.481 e. The summed E-state index contributed by atoms with van der Waals surface area (Å²) in [6.45, 7) is 0. The smallest absolute Gasteiger partial charge is 0.308 e. The van der Waals surface area contributed by atoms with Crippen molar-refractivity contribution in [2.45, 2.75) is 37.8 Å². The molecule has 1 heterocycles. The standard InChI is InChI=1S/C15H16FNO3/c16-12-4-2-1-3-10(12)14-11(15(19)20)7-8-13(18)17(14)9-5-6-9/h1-4,9,11,14H,5-8H2,(H,19,20). The van der Waals surface area contributed by atoms with Gasteiger partial charge in [-0.15, -0.1) is 0 Å². The summed E-state index contributed by atoms with van der Waals surface area (Å²) in [6.07, 6.45) is 2.26. The molecule has 1 aromatic carbocycles. The number of hydrogen-bond acceptors (Lipinski definition) is 2. The van der Waals surface area contributed by atoms with Gasteiger partial charge in [-0.1, -0.05) is 18.2 Å². The zero-order valence-electron chi connectivity index (χ0n) is 11.0. The molecule has 0 spiro atoms. The molecule has 0 radical (unpaired) electrons. The zero-order chi connectivity index (χ0) is 14.3. The number of carbonyl (C=O) groups is 2. The van der Waals surface area contributed by atoms with E-state index in [2.05, 4.69) is 0 Å². The number of nitrogens with zero attached hydrogens (tertiary/aromatic N) is 1. The van der Waals surface area contributed by atoms with Crippen LogP contribution in [-0.2, 0) is 9.59 Å². The largest absolute Gasteiger partial charge is 0.481 e. The number of benzene rings is 1. The maximum atomic E-state index is 14.1. The van der Waals surface area contributed by atoms with Gasteiger partial charge < -0.3 is 10.0 Å². The molecule has 106 valence electrons. The normalized spacial score (nSPS) is 26.6. The third-order valence-corrected chi connectivity index (χ3v) is 4.12. The van der Waals surface area contributed by atoms with Crippen molar-refractivity contribution in [1.29, 1.82) is 0 Å². The average Bonchev–Trinajstić information content (AvgIpc) is 3.23. The van der Waals surface area contributed by atoms with E-state index in [4.69, 9.17) is 0 Å². The van der Waals surface area contributed by atoms with Crippen molar-refractivity contribution in [2.75, 3.05) is 0 Å². The van der Waals surface area contributed by atoms with Gasteiger partial charge in [0.25, 0.3) is 0 Å². The number of amides is 1. The first-order valence-electron chi connectivity index (χ1n) is 6.88. The second-order valence-corrected chi connectivity index (χ2v) is 5.48. The first kappa shape index (κ1) is 13.1. The summed E-state index contributed by atoms with van der Waals surface area (Å²) in [7, 11) is 0. The van der Waals surface area contributed by atoms with Crippen LogP contribution in [0.5, 0.6) is 0 Å². The highest BCUT2D eigenvalue weighted by atomic mass is 19.1. The molecular weight excluding hydrogens is 261 g/mol. The van der Waals surface area contributed by atoms with Crippen LogP contribution in [0, 0.1) is 11.7 Å². The van der Waals surface area contributed by atoms with Crippen LogP contribution in [0.25, 0.3) is 0 Å². The van der Waals surface area contributed by atoms with E-state index in [0.29, 0.717) is 5.56 Å². The van der Waals surface area contributed by atoms with Gasteiger partial charge >= 0.3 is 5.97 Å². The summed E-state index contributed by atoms with van der Waals surface area (Å²) >= 11 is 0. The maximum absolute atomic E-state index is 14.1. The van der Waals surface area contributed by atoms with Gasteiger partial charge in [0.15, 0.2) is 0 Å². The first-order valence-corrected chi connectivity index (χ1v) is 6.88. The van der Waals surface area contributed by atoms with Crippen molar-refractivity contribution in [3.63, 3.8) is 0 Å². The molecule has 1 saturated heterocycles. The van der Waals surface area contributed by atoms with Gasteiger partial charge in [0, 0.05) is 18.0 Å². The Morgan fingerprint density at radius 1 is 1.25 bits per heavy atom. The maximum Gasteiger partial charge on any atom is 0.308 e. The fourth-order valence-corrected chi connectivity index (χ4v) is 3.04. The van der Waals surface area contributed by atoms with Gasteiger partial charge in [-0.2, -0.15) is 0 Å². The molecule has 1 saturated carbocycles. The molecule has 1 aliphatic carbocycles. The number of hydrogen-bond donors (Lipinski definition) is 1. The second-order valence-electron chi connectivity index (χ2n) is 5.48. The predicted molar refractivity (Wildman–Crippen MR) is 69.4 cm³/mol. The van der Waals surface area contributed by atoms with Gasteiger partial charge in [0.05, 0.1) is 12.0 Å². The lowest BCUT2D eigenvalue weighted by molar-refractivity contribution is -0.152. The quantitative estimate of drug-likeness (QED) is 0.922. The van der Waals surface area contributed by atoms with Gasteiger partial charge in [-0.3, -0.25) is 9.59 Å².